The molecule has 3 rings (SSSR count). The summed E-state index contributed by atoms with van der Waals surface area (Å²) in [5, 5.41) is 1.80. The van der Waals surface area contributed by atoms with Crippen LogP contribution in [0.1, 0.15) is 16.8 Å². The summed E-state index contributed by atoms with van der Waals surface area (Å²) >= 11 is 3.31. The molecular formula is C17H16BrNO5S2. The van der Waals surface area contributed by atoms with Gasteiger partial charge in [-0.3, -0.25) is 4.79 Å². The SMILES string of the molecule is O=C(Nc1ccc(Br)cc1)c1ccc(S(=O)(=O)[C@@H]2CCS(=O)(=O)C2)cc1. The Morgan fingerprint density at radius 2 is 1.65 bits per heavy atom. The second-order valence-electron chi connectivity index (χ2n) is 6.06. The third-order valence-corrected chi connectivity index (χ3v) is 8.89. The van der Waals surface area contributed by atoms with Crippen LogP contribution >= 0.6 is 15.9 Å². The zero-order valence-corrected chi connectivity index (χ0v) is 16.8. The number of rotatable bonds is 4. The lowest BCUT2D eigenvalue weighted by Crippen LogP contribution is -2.22. The van der Waals surface area contributed by atoms with Gasteiger partial charge in [-0.15, -0.1) is 0 Å². The molecule has 138 valence electrons. The fourth-order valence-electron chi connectivity index (χ4n) is 2.73. The van der Waals surface area contributed by atoms with E-state index in [0.29, 0.717) is 11.3 Å². The number of nitrogens with one attached hydrogen (secondary N) is 1. The molecule has 6 nitrogen and oxygen atoms in total. The van der Waals surface area contributed by atoms with Crippen molar-refractivity contribution in [3.05, 3.63) is 58.6 Å². The van der Waals surface area contributed by atoms with Crippen LogP contribution in [0.3, 0.4) is 0 Å². The Hall–Kier alpha value is -1.71. The Kier molecular flexibility index (Phi) is 5.23. The van der Waals surface area contributed by atoms with Gasteiger partial charge in [0.1, 0.15) is 0 Å². The van der Waals surface area contributed by atoms with Gasteiger partial charge in [-0.25, -0.2) is 16.8 Å². The van der Waals surface area contributed by atoms with Gasteiger partial charge in [0.2, 0.25) is 0 Å². The second-order valence-corrected chi connectivity index (χ2v) is 11.4. The number of hydrogen-bond donors (Lipinski definition) is 1. The van der Waals surface area contributed by atoms with Gasteiger partial charge in [-0.2, -0.15) is 0 Å². The molecule has 1 saturated heterocycles. The highest BCUT2D eigenvalue weighted by atomic mass is 79.9. The van der Waals surface area contributed by atoms with E-state index in [1.807, 2.05) is 0 Å². The minimum Gasteiger partial charge on any atom is -0.322 e. The normalized spacial score (nSPS) is 19.2. The van der Waals surface area contributed by atoms with Crippen LogP contribution < -0.4 is 5.32 Å². The van der Waals surface area contributed by atoms with Gasteiger partial charge >= 0.3 is 0 Å². The van der Waals surface area contributed by atoms with E-state index in [-0.39, 0.29) is 28.7 Å². The topological polar surface area (TPSA) is 97.4 Å². The van der Waals surface area contributed by atoms with Gasteiger partial charge < -0.3 is 5.32 Å². The maximum Gasteiger partial charge on any atom is 0.255 e. The van der Waals surface area contributed by atoms with Crippen molar-refractivity contribution in [2.24, 2.45) is 0 Å². The Balaban J connectivity index is 1.75. The van der Waals surface area contributed by atoms with Crippen molar-refractivity contribution < 1.29 is 21.6 Å². The summed E-state index contributed by atoms with van der Waals surface area (Å²) < 4.78 is 49.1. The van der Waals surface area contributed by atoms with Crippen LogP contribution in [0.4, 0.5) is 5.69 Å². The van der Waals surface area contributed by atoms with E-state index in [4.69, 9.17) is 0 Å². The summed E-state index contributed by atoms with van der Waals surface area (Å²) in [5.41, 5.74) is 0.928. The number of carbonyl (C=O) groups is 1. The summed E-state index contributed by atoms with van der Waals surface area (Å²) in [4.78, 5) is 12.3. The van der Waals surface area contributed by atoms with Crippen molar-refractivity contribution in [1.29, 1.82) is 0 Å². The van der Waals surface area contributed by atoms with Crippen molar-refractivity contribution in [2.45, 2.75) is 16.6 Å². The van der Waals surface area contributed by atoms with Crippen molar-refractivity contribution in [2.75, 3.05) is 16.8 Å². The molecule has 0 aromatic heterocycles. The molecule has 1 amide bonds. The summed E-state index contributed by atoms with van der Waals surface area (Å²) in [7, 11) is -7.02. The standard InChI is InChI=1S/C17H16BrNO5S2/c18-13-3-5-14(6-4-13)19-17(20)12-1-7-15(8-2-12)26(23,24)16-9-10-25(21,22)11-16/h1-8,16H,9-11H2,(H,19,20)/t16-/m1/s1. The molecule has 0 bridgehead atoms. The number of anilines is 1. The number of amides is 1. The van der Waals surface area contributed by atoms with Gasteiger partial charge in [-0.05, 0) is 55.0 Å². The predicted octanol–water partition coefficient (Wildman–Crippen LogP) is 2.66. The molecule has 1 aliphatic rings. The Morgan fingerprint density at radius 3 is 2.19 bits per heavy atom. The van der Waals surface area contributed by atoms with Crippen molar-refractivity contribution >= 4 is 47.2 Å². The number of hydrogen-bond acceptors (Lipinski definition) is 5. The maximum atomic E-state index is 12.6. The van der Waals surface area contributed by atoms with Crippen LogP contribution in [0.2, 0.25) is 0 Å². The lowest BCUT2D eigenvalue weighted by atomic mass is 10.2. The van der Waals surface area contributed by atoms with Gasteiger partial charge in [0.15, 0.2) is 19.7 Å². The predicted molar refractivity (Wildman–Crippen MR) is 103 cm³/mol. The van der Waals surface area contributed by atoms with Crippen LogP contribution in [0.5, 0.6) is 0 Å². The van der Waals surface area contributed by atoms with E-state index in [1.165, 1.54) is 24.3 Å². The Bertz CT molecular complexity index is 1030. The maximum absolute atomic E-state index is 12.6. The minimum atomic E-state index is -3.73. The molecule has 0 unspecified atom stereocenters. The first kappa shape index (κ1) is 19.1. The van der Waals surface area contributed by atoms with E-state index in [2.05, 4.69) is 21.2 Å². The van der Waals surface area contributed by atoms with Gasteiger partial charge in [-0.1, -0.05) is 15.9 Å². The van der Waals surface area contributed by atoms with Crippen LogP contribution in [0.15, 0.2) is 57.9 Å². The first-order valence-electron chi connectivity index (χ1n) is 7.79. The second kappa shape index (κ2) is 7.13. The Labute approximate surface area is 160 Å². The summed E-state index contributed by atoms with van der Waals surface area (Å²) in [6.45, 7) is 0. The fourth-order valence-corrected chi connectivity index (χ4v) is 7.35. The highest BCUT2D eigenvalue weighted by Crippen LogP contribution is 2.25. The number of halogens is 1. The first-order chi connectivity index (χ1) is 12.2. The largest absolute Gasteiger partial charge is 0.322 e. The average molecular weight is 458 g/mol. The molecule has 9 heteroatoms. The van der Waals surface area contributed by atoms with Gasteiger partial charge in [0.05, 0.1) is 21.7 Å². The van der Waals surface area contributed by atoms with Crippen LogP contribution in [-0.2, 0) is 19.7 Å². The molecular weight excluding hydrogens is 442 g/mol. The van der Waals surface area contributed by atoms with Crippen molar-refractivity contribution in [3.63, 3.8) is 0 Å². The highest BCUT2D eigenvalue weighted by molar-refractivity contribution is 9.10. The van der Waals surface area contributed by atoms with E-state index < -0.39 is 24.9 Å². The molecule has 0 spiro atoms. The zero-order chi connectivity index (χ0) is 18.9. The molecule has 1 aliphatic heterocycles. The van der Waals surface area contributed by atoms with Gasteiger partial charge in [0.25, 0.3) is 5.91 Å². The molecule has 1 N–H and O–H groups in total. The number of carbonyl (C=O) groups excluding carboxylic acids is 1. The molecule has 0 saturated carbocycles. The third-order valence-electron chi connectivity index (χ3n) is 4.18. The Morgan fingerprint density at radius 1 is 1.04 bits per heavy atom. The molecule has 26 heavy (non-hydrogen) atoms. The van der Waals surface area contributed by atoms with Crippen LogP contribution in [0, 0.1) is 0 Å². The number of sulfone groups is 2. The molecule has 2 aromatic rings. The fraction of sp³-hybridized carbons (Fsp3) is 0.235. The smallest absolute Gasteiger partial charge is 0.255 e. The van der Waals surface area contributed by atoms with E-state index in [1.54, 1.807) is 24.3 Å². The summed E-state index contributed by atoms with van der Waals surface area (Å²) in [6.07, 6.45) is 0.108. The van der Waals surface area contributed by atoms with Crippen LogP contribution in [-0.4, -0.2) is 39.5 Å². The van der Waals surface area contributed by atoms with Crippen LogP contribution in [0.25, 0.3) is 0 Å². The summed E-state index contributed by atoms with van der Waals surface area (Å²) in [6, 6.07) is 12.6. The van der Waals surface area contributed by atoms with Crippen molar-refractivity contribution in [3.8, 4) is 0 Å². The summed E-state index contributed by atoms with van der Waals surface area (Å²) in [5.74, 6) is -0.814. The van der Waals surface area contributed by atoms with E-state index in [9.17, 15) is 21.6 Å². The quantitative estimate of drug-likeness (QED) is 0.760. The van der Waals surface area contributed by atoms with E-state index >= 15 is 0 Å². The molecule has 0 radical (unpaired) electrons. The average Bonchev–Trinajstić information content (AvgIpc) is 2.98. The first-order valence-corrected chi connectivity index (χ1v) is 11.9. The third kappa shape index (κ3) is 4.16. The van der Waals surface area contributed by atoms with Crippen molar-refractivity contribution in [1.82, 2.24) is 0 Å². The highest BCUT2D eigenvalue weighted by Gasteiger charge is 2.37. The molecule has 1 atom stereocenters. The molecule has 0 aliphatic carbocycles. The molecule has 1 heterocycles. The molecule has 2 aromatic carbocycles. The molecule has 1 fully saturated rings. The lowest BCUT2D eigenvalue weighted by molar-refractivity contribution is 0.102. The lowest BCUT2D eigenvalue weighted by Gasteiger charge is -2.11. The van der Waals surface area contributed by atoms with Gasteiger partial charge in [0, 0.05) is 15.7 Å². The number of benzene rings is 2. The zero-order valence-electron chi connectivity index (χ0n) is 13.6. The van der Waals surface area contributed by atoms with E-state index in [0.717, 1.165) is 4.47 Å². The monoisotopic (exact) mass is 457 g/mol. The minimum absolute atomic E-state index is 0.0276.